The van der Waals surface area contributed by atoms with E-state index in [-0.39, 0.29) is 0 Å². The SMILES string of the molecule is COc1ccc(CNCC2CCN(C)CC2)cc1OC. The Bertz CT molecular complexity index is 415. The summed E-state index contributed by atoms with van der Waals surface area (Å²) in [7, 11) is 5.54. The van der Waals surface area contributed by atoms with Crippen molar-refractivity contribution >= 4 is 0 Å². The third kappa shape index (κ3) is 4.12. The van der Waals surface area contributed by atoms with E-state index in [1.165, 1.54) is 31.5 Å². The van der Waals surface area contributed by atoms with Crippen LogP contribution in [0.15, 0.2) is 18.2 Å². The van der Waals surface area contributed by atoms with Gasteiger partial charge in [-0.15, -0.1) is 0 Å². The van der Waals surface area contributed by atoms with Crippen LogP contribution in [0.2, 0.25) is 0 Å². The first-order chi connectivity index (χ1) is 9.72. The van der Waals surface area contributed by atoms with Gasteiger partial charge in [0.2, 0.25) is 0 Å². The van der Waals surface area contributed by atoms with E-state index < -0.39 is 0 Å². The number of nitrogens with one attached hydrogen (secondary N) is 1. The Morgan fingerprint density at radius 2 is 1.85 bits per heavy atom. The average Bonchev–Trinajstić information content (AvgIpc) is 2.49. The zero-order valence-electron chi connectivity index (χ0n) is 12.8. The van der Waals surface area contributed by atoms with Gasteiger partial charge in [0.1, 0.15) is 0 Å². The lowest BCUT2D eigenvalue weighted by Crippen LogP contribution is -2.34. The summed E-state index contributed by atoms with van der Waals surface area (Å²) < 4.78 is 10.6. The zero-order valence-corrected chi connectivity index (χ0v) is 12.8. The summed E-state index contributed by atoms with van der Waals surface area (Å²) in [5, 5.41) is 3.56. The minimum Gasteiger partial charge on any atom is -0.493 e. The minimum atomic E-state index is 0.784. The summed E-state index contributed by atoms with van der Waals surface area (Å²) in [4.78, 5) is 2.41. The molecule has 1 aromatic carbocycles. The maximum absolute atomic E-state index is 5.33. The molecule has 1 aromatic rings. The summed E-state index contributed by atoms with van der Waals surface area (Å²) in [6.07, 6.45) is 2.60. The van der Waals surface area contributed by atoms with Crippen LogP contribution < -0.4 is 14.8 Å². The molecular weight excluding hydrogens is 252 g/mol. The van der Waals surface area contributed by atoms with Crippen LogP contribution in [0, 0.1) is 5.92 Å². The molecule has 0 atom stereocenters. The van der Waals surface area contributed by atoms with Gasteiger partial charge in [0.15, 0.2) is 11.5 Å². The fourth-order valence-electron chi connectivity index (χ4n) is 2.68. The molecule has 0 bridgehead atoms. The molecule has 0 radical (unpaired) electrons. The van der Waals surface area contributed by atoms with E-state index in [9.17, 15) is 0 Å². The molecule has 20 heavy (non-hydrogen) atoms. The predicted octanol–water partition coefficient (Wildman–Crippen LogP) is 2.14. The van der Waals surface area contributed by atoms with Crippen LogP contribution in [0.3, 0.4) is 0 Å². The van der Waals surface area contributed by atoms with Gasteiger partial charge in [0.05, 0.1) is 14.2 Å². The van der Waals surface area contributed by atoms with E-state index in [0.717, 1.165) is 30.5 Å². The first kappa shape index (κ1) is 15.1. The maximum Gasteiger partial charge on any atom is 0.161 e. The van der Waals surface area contributed by atoms with Gasteiger partial charge in [-0.1, -0.05) is 6.07 Å². The fraction of sp³-hybridized carbons (Fsp3) is 0.625. The number of methoxy groups -OCH3 is 2. The summed E-state index contributed by atoms with van der Waals surface area (Å²) in [6, 6.07) is 6.09. The lowest BCUT2D eigenvalue weighted by Gasteiger charge is -2.29. The highest BCUT2D eigenvalue weighted by Crippen LogP contribution is 2.27. The molecule has 0 amide bonds. The number of likely N-dealkylation sites (tertiary alicyclic amines) is 1. The van der Waals surface area contributed by atoms with E-state index in [2.05, 4.69) is 23.3 Å². The van der Waals surface area contributed by atoms with Gasteiger partial charge < -0.3 is 19.7 Å². The third-order valence-corrected chi connectivity index (χ3v) is 4.05. The van der Waals surface area contributed by atoms with Crippen molar-refractivity contribution in [3.05, 3.63) is 23.8 Å². The second-order valence-electron chi connectivity index (χ2n) is 5.57. The van der Waals surface area contributed by atoms with Gasteiger partial charge in [0.25, 0.3) is 0 Å². The Kier molecular flexibility index (Phi) is 5.68. The topological polar surface area (TPSA) is 33.7 Å². The van der Waals surface area contributed by atoms with Crippen molar-refractivity contribution in [3.8, 4) is 11.5 Å². The van der Waals surface area contributed by atoms with E-state index in [1.807, 2.05) is 12.1 Å². The standard InChI is InChI=1S/C16H26N2O2/c1-18-8-6-13(7-9-18)11-17-12-14-4-5-15(19-2)16(10-14)20-3/h4-5,10,13,17H,6-9,11-12H2,1-3H3. The van der Waals surface area contributed by atoms with Crippen LogP contribution in [-0.2, 0) is 6.54 Å². The van der Waals surface area contributed by atoms with E-state index in [1.54, 1.807) is 14.2 Å². The smallest absolute Gasteiger partial charge is 0.161 e. The molecule has 1 fully saturated rings. The number of hydrogen-bond donors (Lipinski definition) is 1. The number of benzene rings is 1. The van der Waals surface area contributed by atoms with Crippen LogP contribution in [0.5, 0.6) is 11.5 Å². The monoisotopic (exact) mass is 278 g/mol. The van der Waals surface area contributed by atoms with Gasteiger partial charge in [-0.3, -0.25) is 0 Å². The van der Waals surface area contributed by atoms with Gasteiger partial charge in [0, 0.05) is 6.54 Å². The van der Waals surface area contributed by atoms with Gasteiger partial charge in [-0.25, -0.2) is 0 Å². The van der Waals surface area contributed by atoms with Gasteiger partial charge >= 0.3 is 0 Å². The highest BCUT2D eigenvalue weighted by atomic mass is 16.5. The molecule has 4 nitrogen and oxygen atoms in total. The minimum absolute atomic E-state index is 0.784. The maximum atomic E-state index is 5.33. The Morgan fingerprint density at radius 3 is 2.50 bits per heavy atom. The number of ether oxygens (including phenoxy) is 2. The number of piperidine rings is 1. The lowest BCUT2D eigenvalue weighted by atomic mass is 9.97. The van der Waals surface area contributed by atoms with Crippen LogP contribution >= 0.6 is 0 Å². The summed E-state index contributed by atoms with van der Waals surface area (Å²) in [6.45, 7) is 4.43. The Balaban J connectivity index is 1.79. The van der Waals surface area contributed by atoms with Crippen molar-refractivity contribution in [1.82, 2.24) is 10.2 Å². The number of nitrogens with zero attached hydrogens (tertiary/aromatic N) is 1. The number of hydrogen-bond acceptors (Lipinski definition) is 4. The molecule has 1 aliphatic rings. The highest BCUT2D eigenvalue weighted by molar-refractivity contribution is 5.42. The normalized spacial score (nSPS) is 17.1. The molecule has 1 N–H and O–H groups in total. The largest absolute Gasteiger partial charge is 0.493 e. The van der Waals surface area contributed by atoms with Crippen LogP contribution in [0.25, 0.3) is 0 Å². The van der Waals surface area contributed by atoms with Gasteiger partial charge in [-0.05, 0) is 63.1 Å². The van der Waals surface area contributed by atoms with Crippen molar-refractivity contribution in [1.29, 1.82) is 0 Å². The Labute approximate surface area is 122 Å². The summed E-state index contributed by atoms with van der Waals surface area (Å²) in [5.41, 5.74) is 1.23. The lowest BCUT2D eigenvalue weighted by molar-refractivity contribution is 0.216. The molecule has 0 spiro atoms. The zero-order chi connectivity index (χ0) is 14.4. The van der Waals surface area contributed by atoms with Crippen molar-refractivity contribution in [2.75, 3.05) is 40.9 Å². The molecule has 1 aliphatic heterocycles. The van der Waals surface area contributed by atoms with E-state index in [4.69, 9.17) is 9.47 Å². The second-order valence-corrected chi connectivity index (χ2v) is 5.57. The molecule has 0 unspecified atom stereocenters. The van der Waals surface area contributed by atoms with Crippen LogP contribution in [-0.4, -0.2) is 45.8 Å². The van der Waals surface area contributed by atoms with Crippen molar-refractivity contribution in [2.24, 2.45) is 5.92 Å². The van der Waals surface area contributed by atoms with E-state index >= 15 is 0 Å². The molecule has 2 rings (SSSR count). The average molecular weight is 278 g/mol. The molecule has 0 aliphatic carbocycles. The second kappa shape index (κ2) is 7.50. The Morgan fingerprint density at radius 1 is 1.15 bits per heavy atom. The van der Waals surface area contributed by atoms with Crippen molar-refractivity contribution in [3.63, 3.8) is 0 Å². The summed E-state index contributed by atoms with van der Waals surface area (Å²) >= 11 is 0. The first-order valence-corrected chi connectivity index (χ1v) is 7.33. The molecule has 0 saturated carbocycles. The Hall–Kier alpha value is -1.26. The summed E-state index contributed by atoms with van der Waals surface area (Å²) in [5.74, 6) is 2.39. The molecule has 4 heteroatoms. The third-order valence-electron chi connectivity index (χ3n) is 4.05. The molecule has 1 heterocycles. The molecule has 1 saturated heterocycles. The van der Waals surface area contributed by atoms with E-state index in [0.29, 0.717) is 0 Å². The molecule has 112 valence electrons. The molecular formula is C16H26N2O2. The quantitative estimate of drug-likeness (QED) is 0.864. The van der Waals surface area contributed by atoms with Crippen molar-refractivity contribution in [2.45, 2.75) is 19.4 Å². The predicted molar refractivity (Wildman–Crippen MR) is 81.5 cm³/mol. The van der Waals surface area contributed by atoms with Gasteiger partial charge in [-0.2, -0.15) is 0 Å². The van der Waals surface area contributed by atoms with Crippen LogP contribution in [0.4, 0.5) is 0 Å². The van der Waals surface area contributed by atoms with Crippen molar-refractivity contribution < 1.29 is 9.47 Å². The highest BCUT2D eigenvalue weighted by Gasteiger charge is 2.15. The molecule has 0 aromatic heterocycles. The number of rotatable bonds is 6. The first-order valence-electron chi connectivity index (χ1n) is 7.33. The van der Waals surface area contributed by atoms with Crippen LogP contribution in [0.1, 0.15) is 18.4 Å². The fourth-order valence-corrected chi connectivity index (χ4v) is 2.68.